The Balaban J connectivity index is 1.51. The number of imidazole rings is 1. The molecule has 2 amide bonds. The number of amides is 2. The number of thiazole rings is 1. The summed E-state index contributed by atoms with van der Waals surface area (Å²) in [5.41, 5.74) is 1.43. The number of nitrogens with one attached hydrogen (secondary N) is 1. The van der Waals surface area contributed by atoms with E-state index in [2.05, 4.69) is 32.4 Å². The Labute approximate surface area is 212 Å². The van der Waals surface area contributed by atoms with Crippen LogP contribution in [0.25, 0.3) is 5.78 Å². The molecule has 186 valence electrons. The lowest BCUT2D eigenvalue weighted by Crippen LogP contribution is -2.32. The van der Waals surface area contributed by atoms with Crippen LogP contribution >= 0.6 is 11.3 Å². The number of benzene rings is 1. The Kier molecular flexibility index (Phi) is 8.01. The van der Waals surface area contributed by atoms with Crippen molar-refractivity contribution in [2.75, 3.05) is 25.5 Å². The molecule has 0 aliphatic carbocycles. The van der Waals surface area contributed by atoms with Gasteiger partial charge in [-0.15, -0.1) is 11.3 Å². The molecule has 4 rings (SSSR count). The minimum atomic E-state index is -0.857. The summed E-state index contributed by atoms with van der Waals surface area (Å²) in [6.45, 7) is 2.97. The van der Waals surface area contributed by atoms with Gasteiger partial charge in [-0.05, 0) is 31.7 Å². The predicted molar refractivity (Wildman–Crippen MR) is 136 cm³/mol. The van der Waals surface area contributed by atoms with Crippen LogP contribution in [0.15, 0.2) is 54.3 Å². The van der Waals surface area contributed by atoms with Crippen molar-refractivity contribution in [2.24, 2.45) is 0 Å². The molecule has 3 heterocycles. The second-order valence-corrected chi connectivity index (χ2v) is 8.82. The highest BCUT2D eigenvalue weighted by molar-refractivity contribution is 7.13. The van der Waals surface area contributed by atoms with E-state index in [1.54, 1.807) is 10.3 Å². The predicted octanol–water partition coefficient (Wildman–Crippen LogP) is 3.50. The number of rotatable bonds is 11. The SMILES string of the molecule is CCN(CCCCc1ccccc1)C(=O)c1cn2c(C(=O)C(=O)Nc3nccs3)cnc2nc1OC. The fourth-order valence-electron chi connectivity index (χ4n) is 3.77. The van der Waals surface area contributed by atoms with Crippen LogP contribution in [0.5, 0.6) is 5.88 Å². The number of nitrogens with zero attached hydrogens (tertiary/aromatic N) is 5. The van der Waals surface area contributed by atoms with Crippen molar-refractivity contribution in [3.8, 4) is 5.88 Å². The van der Waals surface area contributed by atoms with Crippen molar-refractivity contribution < 1.29 is 19.1 Å². The van der Waals surface area contributed by atoms with Crippen molar-refractivity contribution >= 4 is 39.8 Å². The lowest BCUT2D eigenvalue weighted by Gasteiger charge is -2.21. The maximum Gasteiger partial charge on any atom is 0.300 e. The zero-order valence-corrected chi connectivity index (χ0v) is 20.8. The number of ether oxygens (including phenoxy) is 1. The van der Waals surface area contributed by atoms with Crippen molar-refractivity contribution in [1.29, 1.82) is 0 Å². The van der Waals surface area contributed by atoms with Gasteiger partial charge in [-0.1, -0.05) is 30.3 Å². The number of aromatic nitrogens is 4. The molecular weight excluding hydrogens is 480 g/mol. The first kappa shape index (κ1) is 25.0. The van der Waals surface area contributed by atoms with Crippen LogP contribution in [0.2, 0.25) is 0 Å². The first-order valence-electron chi connectivity index (χ1n) is 11.5. The molecular formula is C25H26N6O4S. The van der Waals surface area contributed by atoms with E-state index in [1.807, 2.05) is 25.1 Å². The molecule has 0 fully saturated rings. The van der Waals surface area contributed by atoms with Crippen LogP contribution in [-0.2, 0) is 11.2 Å². The first-order chi connectivity index (χ1) is 17.5. The number of fused-ring (bicyclic) bond motifs is 1. The molecule has 10 nitrogen and oxygen atoms in total. The number of carbonyl (C=O) groups is 3. The molecule has 3 aromatic heterocycles. The summed E-state index contributed by atoms with van der Waals surface area (Å²) in [5.74, 6) is -1.71. The lowest BCUT2D eigenvalue weighted by atomic mass is 10.1. The lowest BCUT2D eigenvalue weighted by molar-refractivity contribution is -0.112. The third-order valence-electron chi connectivity index (χ3n) is 5.64. The van der Waals surface area contributed by atoms with E-state index in [0.29, 0.717) is 18.2 Å². The molecule has 0 saturated carbocycles. The molecule has 11 heteroatoms. The topological polar surface area (TPSA) is 119 Å². The van der Waals surface area contributed by atoms with Gasteiger partial charge in [-0.25, -0.2) is 9.97 Å². The highest BCUT2D eigenvalue weighted by Gasteiger charge is 2.26. The summed E-state index contributed by atoms with van der Waals surface area (Å²) < 4.78 is 6.69. The number of ketones is 1. The van der Waals surface area contributed by atoms with Gasteiger partial charge in [0.15, 0.2) is 5.13 Å². The number of hydrogen-bond donors (Lipinski definition) is 1. The van der Waals surface area contributed by atoms with E-state index in [9.17, 15) is 14.4 Å². The van der Waals surface area contributed by atoms with Crippen LogP contribution < -0.4 is 10.1 Å². The van der Waals surface area contributed by atoms with Gasteiger partial charge in [0.05, 0.1) is 13.3 Å². The summed E-state index contributed by atoms with van der Waals surface area (Å²) in [4.78, 5) is 52.7. The fraction of sp³-hybridized carbons (Fsp3) is 0.280. The van der Waals surface area contributed by atoms with Crippen molar-refractivity contribution in [3.05, 3.63) is 71.1 Å². The minimum Gasteiger partial charge on any atom is -0.480 e. The summed E-state index contributed by atoms with van der Waals surface area (Å²) in [7, 11) is 1.42. The Morgan fingerprint density at radius 2 is 1.94 bits per heavy atom. The molecule has 36 heavy (non-hydrogen) atoms. The Bertz CT molecular complexity index is 1350. The van der Waals surface area contributed by atoms with E-state index in [1.165, 1.54) is 47.0 Å². The van der Waals surface area contributed by atoms with Crippen molar-refractivity contribution in [3.63, 3.8) is 0 Å². The number of aryl methyl sites for hydroxylation is 1. The Morgan fingerprint density at radius 3 is 2.64 bits per heavy atom. The maximum absolute atomic E-state index is 13.4. The van der Waals surface area contributed by atoms with E-state index in [-0.39, 0.29) is 28.8 Å². The fourth-order valence-corrected chi connectivity index (χ4v) is 4.30. The number of hydrogen-bond acceptors (Lipinski definition) is 8. The number of carbonyl (C=O) groups excluding carboxylic acids is 3. The molecule has 0 spiro atoms. The smallest absolute Gasteiger partial charge is 0.300 e. The van der Waals surface area contributed by atoms with Gasteiger partial charge in [0.25, 0.3) is 17.6 Å². The number of methoxy groups -OCH3 is 1. The van der Waals surface area contributed by atoms with Crippen LogP contribution in [-0.4, -0.2) is 62.0 Å². The zero-order chi connectivity index (χ0) is 25.5. The third-order valence-corrected chi connectivity index (χ3v) is 6.33. The van der Waals surface area contributed by atoms with Gasteiger partial charge >= 0.3 is 0 Å². The first-order valence-corrected chi connectivity index (χ1v) is 12.4. The second-order valence-electron chi connectivity index (χ2n) is 7.93. The van der Waals surface area contributed by atoms with Crippen LogP contribution in [0.1, 0.15) is 46.2 Å². The Morgan fingerprint density at radius 1 is 1.14 bits per heavy atom. The maximum atomic E-state index is 13.4. The molecule has 1 aromatic carbocycles. The largest absolute Gasteiger partial charge is 0.480 e. The van der Waals surface area contributed by atoms with E-state index < -0.39 is 11.7 Å². The van der Waals surface area contributed by atoms with Gasteiger partial charge in [0, 0.05) is 30.9 Å². The number of Topliss-reactive ketones (excluding diaryl/α,β-unsaturated/α-hetero) is 1. The van der Waals surface area contributed by atoms with Gasteiger partial charge in [0.2, 0.25) is 11.7 Å². The molecule has 0 bridgehead atoms. The summed E-state index contributed by atoms with van der Waals surface area (Å²) in [5, 5.41) is 4.45. The molecule has 1 N–H and O–H groups in total. The molecule has 0 aliphatic heterocycles. The average molecular weight is 507 g/mol. The summed E-state index contributed by atoms with van der Waals surface area (Å²) in [6, 6.07) is 10.2. The van der Waals surface area contributed by atoms with Crippen LogP contribution in [0.4, 0.5) is 5.13 Å². The van der Waals surface area contributed by atoms with Gasteiger partial charge in [-0.2, -0.15) is 4.98 Å². The minimum absolute atomic E-state index is 0.0193. The molecule has 4 aromatic rings. The number of unbranched alkanes of at least 4 members (excludes halogenated alkanes) is 1. The quantitative estimate of drug-likeness (QED) is 0.188. The summed E-state index contributed by atoms with van der Waals surface area (Å²) >= 11 is 1.20. The van der Waals surface area contributed by atoms with Crippen molar-refractivity contribution in [1.82, 2.24) is 24.3 Å². The van der Waals surface area contributed by atoms with Crippen LogP contribution in [0.3, 0.4) is 0 Å². The third kappa shape index (κ3) is 5.57. The summed E-state index contributed by atoms with van der Waals surface area (Å²) in [6.07, 6.45) is 6.93. The van der Waals surface area contributed by atoms with Crippen LogP contribution in [0, 0.1) is 0 Å². The zero-order valence-electron chi connectivity index (χ0n) is 20.0. The second kappa shape index (κ2) is 11.5. The Hall–Kier alpha value is -4.12. The monoisotopic (exact) mass is 506 g/mol. The molecule has 0 saturated heterocycles. The standard InChI is InChI=1S/C25H26N6O4S/c1-3-30(13-8-7-11-17-9-5-4-6-10-17)23(34)18-16-31-19(15-27-24(31)29-22(18)35-2)20(32)21(33)28-25-26-12-14-36-25/h4-6,9-10,12,14-16H,3,7-8,11,13H2,1-2H3,(H,26,28,33). The highest BCUT2D eigenvalue weighted by atomic mass is 32.1. The van der Waals surface area contributed by atoms with E-state index >= 15 is 0 Å². The molecule has 0 radical (unpaired) electrons. The molecule has 0 aliphatic rings. The average Bonchev–Trinajstić information content (AvgIpc) is 3.57. The van der Waals surface area contributed by atoms with Gasteiger partial charge in [0.1, 0.15) is 11.3 Å². The van der Waals surface area contributed by atoms with Gasteiger partial charge in [-0.3, -0.25) is 24.1 Å². The highest BCUT2D eigenvalue weighted by Crippen LogP contribution is 2.21. The molecule has 0 unspecified atom stereocenters. The molecule has 0 atom stereocenters. The van der Waals surface area contributed by atoms with Crippen molar-refractivity contribution in [2.45, 2.75) is 26.2 Å². The number of anilines is 1. The van der Waals surface area contributed by atoms with E-state index in [4.69, 9.17) is 4.74 Å². The normalized spacial score (nSPS) is 10.8. The van der Waals surface area contributed by atoms with Gasteiger partial charge < -0.3 is 9.64 Å². The van der Waals surface area contributed by atoms with E-state index in [0.717, 1.165) is 19.3 Å².